The van der Waals surface area contributed by atoms with E-state index in [0.29, 0.717) is 11.0 Å². The first-order valence-electron chi connectivity index (χ1n) is 5.18. The number of halogens is 3. The molecule has 0 aromatic carbocycles. The Morgan fingerprint density at radius 3 is 2.94 bits per heavy atom. The largest absolute Gasteiger partial charge is 0.249 e. The van der Waals surface area contributed by atoms with Crippen molar-refractivity contribution in [3.8, 4) is 0 Å². The zero-order valence-corrected chi connectivity index (χ0v) is 11.3. The number of hydrogen-bond acceptors (Lipinski definition) is 3. The van der Waals surface area contributed by atoms with E-state index in [1.807, 2.05) is 12.1 Å². The van der Waals surface area contributed by atoms with Crippen LogP contribution in [0.2, 0.25) is 5.28 Å². The summed E-state index contributed by atoms with van der Waals surface area (Å²) >= 11 is 9.02. The third kappa shape index (κ3) is 1.93. The quantitative estimate of drug-likeness (QED) is 0.595. The topological polar surface area (TPSA) is 38.7 Å². The lowest BCUT2D eigenvalue weighted by atomic mass is 10.1. The second-order valence-corrected chi connectivity index (χ2v) is 4.97. The smallest absolute Gasteiger partial charge is 0.223 e. The van der Waals surface area contributed by atoms with E-state index in [1.54, 1.807) is 6.20 Å². The molecule has 6 heteroatoms. The summed E-state index contributed by atoms with van der Waals surface area (Å²) in [5, 5.41) is 0.0360. The monoisotopic (exact) mass is 325 g/mol. The van der Waals surface area contributed by atoms with E-state index in [1.165, 1.54) is 0 Å². The molecule has 0 amide bonds. The summed E-state index contributed by atoms with van der Waals surface area (Å²) in [6.07, 6.45) is 5.48. The molecule has 0 bridgehead atoms. The molecule has 1 aliphatic rings. The molecule has 2 aromatic rings. The molecule has 18 heavy (non-hydrogen) atoms. The Bertz CT molecular complexity index is 672. The molecule has 0 saturated carbocycles. The second-order valence-electron chi connectivity index (χ2n) is 3.82. The second kappa shape index (κ2) is 4.40. The van der Waals surface area contributed by atoms with Crippen LogP contribution in [0.15, 0.2) is 29.1 Å². The number of hydrogen-bond donors (Lipinski definition) is 0. The highest BCUT2D eigenvalue weighted by atomic mass is 79.9. The summed E-state index contributed by atoms with van der Waals surface area (Å²) < 4.78 is 14.5. The molecular weight excluding hydrogens is 321 g/mol. The molecule has 3 nitrogen and oxygen atoms in total. The van der Waals surface area contributed by atoms with Gasteiger partial charge in [0.25, 0.3) is 0 Å². The highest BCUT2D eigenvalue weighted by Gasteiger charge is 2.20. The lowest BCUT2D eigenvalue weighted by molar-refractivity contribution is 0.609. The average Bonchev–Trinajstić information content (AvgIpc) is 2.75. The third-order valence-electron chi connectivity index (χ3n) is 2.74. The molecule has 0 atom stereocenters. The van der Waals surface area contributed by atoms with Crippen LogP contribution in [0.5, 0.6) is 0 Å². The van der Waals surface area contributed by atoms with Crippen LogP contribution < -0.4 is 0 Å². The fourth-order valence-electron chi connectivity index (χ4n) is 1.95. The SMILES string of the molecule is Fc1cnc(Cl)nc1C1=CCc2cnc(Br)cc21. The first kappa shape index (κ1) is 11.7. The van der Waals surface area contributed by atoms with E-state index in [9.17, 15) is 4.39 Å². The Kier molecular flexibility index (Phi) is 2.87. The van der Waals surface area contributed by atoms with Crippen molar-refractivity contribution in [2.45, 2.75) is 6.42 Å². The zero-order valence-electron chi connectivity index (χ0n) is 8.99. The molecule has 0 radical (unpaired) electrons. The number of allylic oxidation sites excluding steroid dienone is 1. The standard InChI is InChI=1S/C12H6BrClFN3/c13-10-3-8-6(4-16-10)1-2-7(8)11-9(15)5-17-12(14)18-11/h2-5H,1H2. The maximum Gasteiger partial charge on any atom is 0.223 e. The van der Waals surface area contributed by atoms with E-state index in [4.69, 9.17) is 11.6 Å². The van der Waals surface area contributed by atoms with Crippen molar-refractivity contribution in [1.29, 1.82) is 0 Å². The molecule has 90 valence electrons. The van der Waals surface area contributed by atoms with Crippen molar-refractivity contribution >= 4 is 33.1 Å². The van der Waals surface area contributed by atoms with E-state index in [0.717, 1.165) is 22.9 Å². The summed E-state index contributed by atoms with van der Waals surface area (Å²) in [5.74, 6) is -0.480. The van der Waals surface area contributed by atoms with Gasteiger partial charge in [-0.05, 0) is 51.1 Å². The first-order valence-corrected chi connectivity index (χ1v) is 6.35. The fraction of sp³-hybridized carbons (Fsp3) is 0.0833. The molecule has 0 N–H and O–H groups in total. The van der Waals surface area contributed by atoms with Gasteiger partial charge >= 0.3 is 0 Å². The van der Waals surface area contributed by atoms with Crippen LogP contribution >= 0.6 is 27.5 Å². The van der Waals surface area contributed by atoms with Crippen molar-refractivity contribution < 1.29 is 4.39 Å². The lowest BCUT2D eigenvalue weighted by Gasteiger charge is -2.06. The molecule has 2 heterocycles. The number of aromatic nitrogens is 3. The third-order valence-corrected chi connectivity index (χ3v) is 3.35. The van der Waals surface area contributed by atoms with Crippen molar-refractivity contribution in [2.75, 3.05) is 0 Å². The van der Waals surface area contributed by atoms with E-state index < -0.39 is 5.82 Å². The molecule has 1 aliphatic carbocycles. The molecule has 0 fully saturated rings. The Morgan fingerprint density at radius 1 is 1.28 bits per heavy atom. The summed E-state index contributed by atoms with van der Waals surface area (Å²) in [5.41, 5.74) is 2.93. The Hall–Kier alpha value is -1.33. The summed E-state index contributed by atoms with van der Waals surface area (Å²) in [4.78, 5) is 11.7. The van der Waals surface area contributed by atoms with Gasteiger partial charge in [-0.25, -0.2) is 19.3 Å². The highest BCUT2D eigenvalue weighted by molar-refractivity contribution is 9.10. The van der Waals surface area contributed by atoms with Crippen LogP contribution in [0, 0.1) is 5.82 Å². The number of rotatable bonds is 1. The van der Waals surface area contributed by atoms with Crippen LogP contribution in [-0.2, 0) is 6.42 Å². The minimum absolute atomic E-state index is 0.0360. The predicted octanol–water partition coefficient (Wildman–Crippen LogP) is 3.41. The van der Waals surface area contributed by atoms with Gasteiger partial charge < -0.3 is 0 Å². The van der Waals surface area contributed by atoms with Gasteiger partial charge in [0.15, 0.2) is 5.82 Å². The molecule has 0 aliphatic heterocycles. The van der Waals surface area contributed by atoms with Crippen molar-refractivity contribution in [3.05, 3.63) is 57.1 Å². The van der Waals surface area contributed by atoms with Crippen LogP contribution in [0.3, 0.4) is 0 Å². The van der Waals surface area contributed by atoms with Gasteiger partial charge in [-0.3, -0.25) is 0 Å². The highest BCUT2D eigenvalue weighted by Crippen LogP contribution is 2.33. The van der Waals surface area contributed by atoms with Crippen molar-refractivity contribution in [3.63, 3.8) is 0 Å². The van der Waals surface area contributed by atoms with E-state index in [-0.39, 0.29) is 11.0 Å². The molecular formula is C12H6BrClFN3. The fourth-order valence-corrected chi connectivity index (χ4v) is 2.42. The van der Waals surface area contributed by atoms with Crippen molar-refractivity contribution in [2.24, 2.45) is 0 Å². The van der Waals surface area contributed by atoms with Crippen LogP contribution in [0.25, 0.3) is 5.57 Å². The number of nitrogens with zero attached hydrogens (tertiary/aromatic N) is 3. The summed E-state index contributed by atoms with van der Waals surface area (Å²) in [6.45, 7) is 0. The zero-order chi connectivity index (χ0) is 12.7. The molecule has 3 rings (SSSR count). The maximum atomic E-state index is 13.8. The minimum atomic E-state index is -0.480. The Labute approximate surface area is 116 Å². The molecule has 0 unspecified atom stereocenters. The Morgan fingerprint density at radius 2 is 2.11 bits per heavy atom. The van der Waals surface area contributed by atoms with Gasteiger partial charge in [0, 0.05) is 11.8 Å². The summed E-state index contributed by atoms with van der Waals surface area (Å²) in [6, 6.07) is 1.85. The van der Waals surface area contributed by atoms with Crippen molar-refractivity contribution in [1.82, 2.24) is 15.0 Å². The lowest BCUT2D eigenvalue weighted by Crippen LogP contribution is -1.98. The minimum Gasteiger partial charge on any atom is -0.249 e. The normalized spacial score (nSPS) is 13.4. The van der Waals surface area contributed by atoms with Gasteiger partial charge in [-0.15, -0.1) is 0 Å². The van der Waals surface area contributed by atoms with Gasteiger partial charge in [0.1, 0.15) is 10.3 Å². The van der Waals surface area contributed by atoms with Crippen LogP contribution in [-0.4, -0.2) is 15.0 Å². The van der Waals surface area contributed by atoms with Crippen LogP contribution in [0.4, 0.5) is 4.39 Å². The molecule has 0 saturated heterocycles. The maximum absolute atomic E-state index is 13.8. The van der Waals surface area contributed by atoms with E-state index in [2.05, 4.69) is 30.9 Å². The van der Waals surface area contributed by atoms with Gasteiger partial charge in [0.2, 0.25) is 5.28 Å². The summed E-state index contributed by atoms with van der Waals surface area (Å²) in [7, 11) is 0. The van der Waals surface area contributed by atoms with Gasteiger partial charge in [-0.2, -0.15) is 0 Å². The first-order chi connectivity index (χ1) is 8.65. The molecule has 2 aromatic heterocycles. The number of fused-ring (bicyclic) bond motifs is 1. The predicted molar refractivity (Wildman–Crippen MR) is 69.7 cm³/mol. The Balaban J connectivity index is 2.16. The average molecular weight is 327 g/mol. The molecule has 0 spiro atoms. The number of pyridine rings is 1. The van der Waals surface area contributed by atoms with Crippen LogP contribution in [0.1, 0.15) is 16.8 Å². The van der Waals surface area contributed by atoms with Gasteiger partial charge in [0.05, 0.1) is 6.20 Å². The van der Waals surface area contributed by atoms with E-state index >= 15 is 0 Å². The van der Waals surface area contributed by atoms with Gasteiger partial charge in [-0.1, -0.05) is 6.08 Å².